The van der Waals surface area contributed by atoms with Crippen LogP contribution < -0.4 is 0 Å². The first kappa shape index (κ1) is 27.7. The SMILES string of the molecule is C=C(/C=N/c1ccc(CCCCCCCCCCCCCCCCC)cc1)CCCC. The number of benzene rings is 1. The third-order valence-electron chi connectivity index (χ3n) is 6.25. The van der Waals surface area contributed by atoms with Crippen molar-refractivity contribution in [2.24, 2.45) is 4.99 Å². The maximum absolute atomic E-state index is 4.55. The molecule has 0 aliphatic carbocycles. The van der Waals surface area contributed by atoms with Crippen molar-refractivity contribution < 1.29 is 0 Å². The summed E-state index contributed by atoms with van der Waals surface area (Å²) in [7, 11) is 0. The zero-order valence-corrected chi connectivity index (χ0v) is 21.0. The minimum atomic E-state index is 1.04. The number of rotatable bonds is 21. The van der Waals surface area contributed by atoms with Gasteiger partial charge >= 0.3 is 0 Å². The van der Waals surface area contributed by atoms with Gasteiger partial charge in [-0.05, 0) is 49.0 Å². The average molecular weight is 426 g/mol. The van der Waals surface area contributed by atoms with E-state index in [1.807, 2.05) is 6.21 Å². The number of nitrogens with zero attached hydrogens (tertiary/aromatic N) is 1. The number of hydrogen-bond donors (Lipinski definition) is 0. The Morgan fingerprint density at radius 2 is 1.10 bits per heavy atom. The van der Waals surface area contributed by atoms with Crippen LogP contribution in [-0.4, -0.2) is 6.21 Å². The summed E-state index contributed by atoms with van der Waals surface area (Å²) in [4.78, 5) is 4.55. The molecule has 1 aromatic rings. The zero-order chi connectivity index (χ0) is 22.4. The molecule has 0 fully saturated rings. The van der Waals surface area contributed by atoms with Crippen LogP contribution in [0.3, 0.4) is 0 Å². The largest absolute Gasteiger partial charge is 0.257 e. The maximum Gasteiger partial charge on any atom is 0.0629 e. The monoisotopic (exact) mass is 425 g/mol. The highest BCUT2D eigenvalue weighted by Gasteiger charge is 1.97. The first-order chi connectivity index (χ1) is 15.3. The van der Waals surface area contributed by atoms with Crippen molar-refractivity contribution in [1.82, 2.24) is 0 Å². The molecule has 176 valence electrons. The number of aryl methyl sites for hydroxylation is 1. The lowest BCUT2D eigenvalue weighted by Gasteiger charge is -2.04. The lowest BCUT2D eigenvalue weighted by molar-refractivity contribution is 0.532. The topological polar surface area (TPSA) is 12.4 Å². The highest BCUT2D eigenvalue weighted by molar-refractivity contribution is 5.80. The lowest BCUT2D eigenvalue weighted by Crippen LogP contribution is -1.87. The second-order valence-electron chi connectivity index (χ2n) is 9.39. The van der Waals surface area contributed by atoms with E-state index in [1.165, 1.54) is 121 Å². The molecule has 1 aromatic carbocycles. The normalized spacial score (nSPS) is 11.4. The van der Waals surface area contributed by atoms with Gasteiger partial charge in [0.1, 0.15) is 0 Å². The van der Waals surface area contributed by atoms with Gasteiger partial charge in [0.05, 0.1) is 5.69 Å². The fourth-order valence-corrected chi connectivity index (χ4v) is 4.08. The van der Waals surface area contributed by atoms with Crippen LogP contribution in [0.25, 0.3) is 0 Å². The molecule has 0 spiro atoms. The van der Waals surface area contributed by atoms with Gasteiger partial charge < -0.3 is 0 Å². The van der Waals surface area contributed by atoms with E-state index in [0.717, 1.165) is 17.7 Å². The molecule has 0 amide bonds. The van der Waals surface area contributed by atoms with Crippen LogP contribution in [0, 0.1) is 0 Å². The molecular formula is C30H51N. The molecule has 0 bridgehead atoms. The van der Waals surface area contributed by atoms with Crippen molar-refractivity contribution in [2.75, 3.05) is 0 Å². The van der Waals surface area contributed by atoms with Gasteiger partial charge in [0, 0.05) is 6.21 Å². The summed E-state index contributed by atoms with van der Waals surface area (Å²) in [6.45, 7) is 8.58. The van der Waals surface area contributed by atoms with Crippen molar-refractivity contribution in [3.63, 3.8) is 0 Å². The maximum atomic E-state index is 4.55. The minimum absolute atomic E-state index is 1.04. The molecule has 0 N–H and O–H groups in total. The Labute approximate surface area is 194 Å². The number of unbranched alkanes of at least 4 members (excludes halogenated alkanes) is 15. The predicted octanol–water partition coefficient (Wildman–Crippen LogP) is 10.5. The Morgan fingerprint density at radius 3 is 1.58 bits per heavy atom. The zero-order valence-electron chi connectivity index (χ0n) is 21.0. The van der Waals surface area contributed by atoms with Crippen molar-refractivity contribution in [1.29, 1.82) is 0 Å². The van der Waals surface area contributed by atoms with E-state index in [-0.39, 0.29) is 0 Å². The molecule has 0 saturated heterocycles. The summed E-state index contributed by atoms with van der Waals surface area (Å²) >= 11 is 0. The Morgan fingerprint density at radius 1 is 0.645 bits per heavy atom. The molecule has 0 atom stereocenters. The van der Waals surface area contributed by atoms with Gasteiger partial charge in [0.25, 0.3) is 0 Å². The molecule has 0 aliphatic rings. The van der Waals surface area contributed by atoms with Crippen molar-refractivity contribution in [3.05, 3.63) is 42.0 Å². The van der Waals surface area contributed by atoms with E-state index in [1.54, 1.807) is 0 Å². The Balaban J connectivity index is 1.94. The van der Waals surface area contributed by atoms with Crippen LogP contribution in [0.15, 0.2) is 41.4 Å². The van der Waals surface area contributed by atoms with E-state index in [4.69, 9.17) is 0 Å². The van der Waals surface area contributed by atoms with E-state index in [0.29, 0.717) is 0 Å². The number of hydrogen-bond acceptors (Lipinski definition) is 1. The highest BCUT2D eigenvalue weighted by Crippen LogP contribution is 2.17. The first-order valence-electron chi connectivity index (χ1n) is 13.6. The van der Waals surface area contributed by atoms with E-state index >= 15 is 0 Å². The third kappa shape index (κ3) is 16.9. The van der Waals surface area contributed by atoms with Gasteiger partial charge in [-0.2, -0.15) is 0 Å². The molecule has 0 aliphatic heterocycles. The molecule has 0 radical (unpaired) electrons. The van der Waals surface area contributed by atoms with Gasteiger partial charge in [-0.15, -0.1) is 0 Å². The second-order valence-corrected chi connectivity index (χ2v) is 9.39. The molecule has 1 nitrogen and oxygen atoms in total. The molecule has 1 rings (SSSR count). The van der Waals surface area contributed by atoms with Crippen LogP contribution in [0.2, 0.25) is 0 Å². The first-order valence-corrected chi connectivity index (χ1v) is 13.6. The third-order valence-corrected chi connectivity index (χ3v) is 6.25. The van der Waals surface area contributed by atoms with Crippen molar-refractivity contribution in [3.8, 4) is 0 Å². The molecule has 0 heterocycles. The smallest absolute Gasteiger partial charge is 0.0629 e. The van der Waals surface area contributed by atoms with Gasteiger partial charge in [-0.3, -0.25) is 4.99 Å². The van der Waals surface area contributed by atoms with Gasteiger partial charge in [-0.1, -0.05) is 129 Å². The summed E-state index contributed by atoms with van der Waals surface area (Å²) in [5, 5.41) is 0. The van der Waals surface area contributed by atoms with Crippen molar-refractivity contribution in [2.45, 2.75) is 136 Å². The molecule has 1 heteroatoms. The van der Waals surface area contributed by atoms with Crippen LogP contribution >= 0.6 is 0 Å². The van der Waals surface area contributed by atoms with Crippen LogP contribution in [-0.2, 0) is 6.42 Å². The summed E-state index contributed by atoms with van der Waals surface area (Å²) in [6.07, 6.45) is 28.0. The molecule has 0 aromatic heterocycles. The molecular weight excluding hydrogens is 374 g/mol. The van der Waals surface area contributed by atoms with Crippen LogP contribution in [0.4, 0.5) is 5.69 Å². The fourth-order valence-electron chi connectivity index (χ4n) is 4.08. The Hall–Kier alpha value is -1.37. The van der Waals surface area contributed by atoms with Gasteiger partial charge in [0.2, 0.25) is 0 Å². The van der Waals surface area contributed by atoms with Gasteiger partial charge in [0.15, 0.2) is 0 Å². The standard InChI is InChI=1S/C30H51N/c1-4-6-8-9-10-11-12-13-14-15-16-17-18-19-20-22-29-23-25-30(26-24-29)31-27-28(3)21-7-5-2/h23-27H,3-22H2,1-2H3/b31-27+. The molecule has 31 heavy (non-hydrogen) atoms. The molecule has 0 saturated carbocycles. The quantitative estimate of drug-likeness (QED) is 0.137. The average Bonchev–Trinajstić information content (AvgIpc) is 2.79. The van der Waals surface area contributed by atoms with E-state index in [9.17, 15) is 0 Å². The van der Waals surface area contributed by atoms with Gasteiger partial charge in [-0.25, -0.2) is 0 Å². The summed E-state index contributed by atoms with van der Waals surface area (Å²) in [5.74, 6) is 0. The Bertz CT molecular complexity index is 554. The van der Waals surface area contributed by atoms with E-state index < -0.39 is 0 Å². The number of aliphatic imine (C=N–C) groups is 1. The summed E-state index contributed by atoms with van der Waals surface area (Å²) in [5.41, 5.74) is 3.61. The second kappa shape index (κ2) is 20.5. The number of allylic oxidation sites excluding steroid dienone is 1. The van der Waals surface area contributed by atoms with Crippen molar-refractivity contribution >= 4 is 11.9 Å². The van der Waals surface area contributed by atoms with Crippen LogP contribution in [0.1, 0.15) is 135 Å². The predicted molar refractivity (Wildman–Crippen MR) is 142 cm³/mol. The van der Waals surface area contributed by atoms with Crippen LogP contribution in [0.5, 0.6) is 0 Å². The minimum Gasteiger partial charge on any atom is -0.257 e. The summed E-state index contributed by atoms with van der Waals surface area (Å²) in [6, 6.07) is 8.77. The summed E-state index contributed by atoms with van der Waals surface area (Å²) < 4.78 is 0. The lowest BCUT2D eigenvalue weighted by atomic mass is 10.0. The Kier molecular flexibility index (Phi) is 18.3. The fraction of sp³-hybridized carbons (Fsp3) is 0.700. The molecule has 0 unspecified atom stereocenters. The van der Waals surface area contributed by atoms with E-state index in [2.05, 4.69) is 49.7 Å². The highest BCUT2D eigenvalue weighted by atomic mass is 14.7.